The lowest BCUT2D eigenvalue weighted by atomic mass is 10.3. The van der Waals surface area contributed by atoms with Crippen LogP contribution in [0.1, 0.15) is 10.4 Å². The Morgan fingerprint density at radius 2 is 2.17 bits per heavy atom. The van der Waals surface area contributed by atoms with Gasteiger partial charge in [-0.15, -0.1) is 0 Å². The third-order valence-electron chi connectivity index (χ3n) is 1.47. The first-order valence-electron chi connectivity index (χ1n) is 3.13. The Labute approximate surface area is 66.9 Å². The average molecular weight is 171 g/mol. The molecular weight excluding hydrogens is 165 g/mol. The summed E-state index contributed by atoms with van der Waals surface area (Å²) in [5, 5.41) is 8.43. The number of halogens is 1. The molecule has 1 aromatic rings. The SMILES string of the molecule is Cn1c(F)c(C(=O)O)ccc1=O. The second-order valence-electron chi connectivity index (χ2n) is 2.24. The predicted molar refractivity (Wildman–Crippen MR) is 38.6 cm³/mol. The van der Waals surface area contributed by atoms with Gasteiger partial charge in [0.15, 0.2) is 0 Å². The lowest BCUT2D eigenvalue weighted by Crippen LogP contribution is -2.21. The number of carbonyl (C=O) groups is 1. The molecule has 0 unspecified atom stereocenters. The van der Waals surface area contributed by atoms with Crippen LogP contribution in [0.3, 0.4) is 0 Å². The van der Waals surface area contributed by atoms with Crippen LogP contribution in [0.25, 0.3) is 0 Å². The second-order valence-corrected chi connectivity index (χ2v) is 2.24. The van der Waals surface area contributed by atoms with Gasteiger partial charge in [-0.05, 0) is 6.07 Å². The summed E-state index contributed by atoms with van der Waals surface area (Å²) in [5.74, 6) is -2.42. The van der Waals surface area contributed by atoms with Crippen molar-refractivity contribution in [2.75, 3.05) is 0 Å². The van der Waals surface area contributed by atoms with E-state index in [2.05, 4.69) is 0 Å². The molecule has 64 valence electrons. The number of pyridine rings is 1. The van der Waals surface area contributed by atoms with Crippen molar-refractivity contribution >= 4 is 5.97 Å². The van der Waals surface area contributed by atoms with Crippen molar-refractivity contribution in [2.45, 2.75) is 0 Å². The molecule has 1 aromatic heterocycles. The van der Waals surface area contributed by atoms with Gasteiger partial charge in [0.05, 0.1) is 0 Å². The van der Waals surface area contributed by atoms with Crippen LogP contribution in [-0.2, 0) is 7.05 Å². The quantitative estimate of drug-likeness (QED) is 0.615. The van der Waals surface area contributed by atoms with E-state index in [1.165, 1.54) is 7.05 Å². The molecule has 1 rings (SSSR count). The largest absolute Gasteiger partial charge is 0.478 e. The highest BCUT2D eigenvalue weighted by atomic mass is 19.1. The van der Waals surface area contributed by atoms with Crippen LogP contribution in [0, 0.1) is 5.95 Å². The van der Waals surface area contributed by atoms with E-state index >= 15 is 0 Å². The van der Waals surface area contributed by atoms with Crippen molar-refractivity contribution in [3.8, 4) is 0 Å². The fraction of sp³-hybridized carbons (Fsp3) is 0.143. The van der Waals surface area contributed by atoms with Gasteiger partial charge in [0, 0.05) is 13.1 Å². The fourth-order valence-electron chi connectivity index (χ4n) is 0.772. The maximum Gasteiger partial charge on any atom is 0.340 e. The van der Waals surface area contributed by atoms with E-state index in [1.54, 1.807) is 0 Å². The molecule has 4 nitrogen and oxygen atoms in total. The lowest BCUT2D eigenvalue weighted by Gasteiger charge is -2.01. The minimum Gasteiger partial charge on any atom is -0.478 e. The first-order chi connectivity index (χ1) is 5.54. The Balaban J connectivity index is 3.47. The maximum atomic E-state index is 12.9. The van der Waals surface area contributed by atoms with Gasteiger partial charge >= 0.3 is 5.97 Å². The molecule has 0 aliphatic carbocycles. The number of carboxylic acid groups (broad SMARTS) is 1. The zero-order valence-electron chi connectivity index (χ0n) is 6.24. The van der Waals surface area contributed by atoms with E-state index < -0.39 is 23.0 Å². The molecule has 0 spiro atoms. The van der Waals surface area contributed by atoms with Gasteiger partial charge in [-0.1, -0.05) is 0 Å². The number of hydrogen-bond donors (Lipinski definition) is 1. The van der Waals surface area contributed by atoms with E-state index in [-0.39, 0.29) is 0 Å². The molecule has 5 heteroatoms. The summed E-state index contributed by atoms with van der Waals surface area (Å²) in [6.45, 7) is 0. The third-order valence-corrected chi connectivity index (χ3v) is 1.47. The van der Waals surface area contributed by atoms with E-state index in [0.29, 0.717) is 4.57 Å². The van der Waals surface area contributed by atoms with Crippen LogP contribution >= 0.6 is 0 Å². The summed E-state index contributed by atoms with van der Waals surface area (Å²) in [6, 6.07) is 1.95. The molecule has 0 bridgehead atoms. The van der Waals surface area contributed by atoms with Crippen LogP contribution in [-0.4, -0.2) is 15.6 Å². The monoisotopic (exact) mass is 171 g/mol. The minimum atomic E-state index is -1.39. The number of aromatic carboxylic acids is 1. The van der Waals surface area contributed by atoms with Gasteiger partial charge in [-0.25, -0.2) is 4.79 Å². The molecule has 0 aliphatic heterocycles. The van der Waals surface area contributed by atoms with Crippen LogP contribution < -0.4 is 5.56 Å². The summed E-state index contributed by atoms with van der Waals surface area (Å²) >= 11 is 0. The Hall–Kier alpha value is -1.65. The second kappa shape index (κ2) is 2.77. The van der Waals surface area contributed by atoms with E-state index in [9.17, 15) is 14.0 Å². The molecule has 0 saturated carbocycles. The zero-order valence-corrected chi connectivity index (χ0v) is 6.24. The van der Waals surface area contributed by atoms with E-state index in [0.717, 1.165) is 12.1 Å². The van der Waals surface area contributed by atoms with Gasteiger partial charge in [-0.2, -0.15) is 4.39 Å². The highest BCUT2D eigenvalue weighted by molar-refractivity contribution is 5.87. The summed E-state index contributed by atoms with van der Waals surface area (Å²) in [6.07, 6.45) is 0. The van der Waals surface area contributed by atoms with Gasteiger partial charge in [0.2, 0.25) is 5.95 Å². The maximum absolute atomic E-state index is 12.9. The molecule has 0 aliphatic rings. The van der Waals surface area contributed by atoms with Crippen LogP contribution in [0.2, 0.25) is 0 Å². The summed E-state index contributed by atoms with van der Waals surface area (Å²) < 4.78 is 13.5. The number of aromatic nitrogens is 1. The number of rotatable bonds is 1. The first-order valence-corrected chi connectivity index (χ1v) is 3.13. The summed E-state index contributed by atoms with van der Waals surface area (Å²) in [7, 11) is 1.17. The van der Waals surface area contributed by atoms with Crippen LogP contribution in [0.5, 0.6) is 0 Å². The average Bonchev–Trinajstić information content (AvgIpc) is 2.00. The smallest absolute Gasteiger partial charge is 0.340 e. The van der Waals surface area contributed by atoms with Crippen molar-refractivity contribution in [3.05, 3.63) is 34.0 Å². The number of hydrogen-bond acceptors (Lipinski definition) is 2. The van der Waals surface area contributed by atoms with Crippen LogP contribution in [0.15, 0.2) is 16.9 Å². The van der Waals surface area contributed by atoms with Crippen molar-refractivity contribution in [2.24, 2.45) is 7.05 Å². The Kier molecular flexibility index (Phi) is 1.95. The molecule has 0 saturated heterocycles. The Morgan fingerprint density at radius 1 is 1.58 bits per heavy atom. The van der Waals surface area contributed by atoms with Crippen LogP contribution in [0.4, 0.5) is 4.39 Å². The van der Waals surface area contributed by atoms with Gasteiger partial charge < -0.3 is 5.11 Å². The molecule has 1 N–H and O–H groups in total. The molecule has 0 aromatic carbocycles. The van der Waals surface area contributed by atoms with Crippen molar-refractivity contribution < 1.29 is 14.3 Å². The molecular formula is C7H6FNO3. The summed E-state index contributed by atoms with van der Waals surface area (Å²) in [5.41, 5.74) is -1.07. The van der Waals surface area contributed by atoms with E-state index in [4.69, 9.17) is 5.11 Å². The molecule has 0 fully saturated rings. The highest BCUT2D eigenvalue weighted by Crippen LogP contribution is 2.01. The molecule has 0 amide bonds. The normalized spacial score (nSPS) is 9.83. The molecule has 0 atom stereocenters. The zero-order chi connectivity index (χ0) is 9.30. The number of carboxylic acids is 1. The van der Waals surface area contributed by atoms with E-state index in [1.807, 2.05) is 0 Å². The van der Waals surface area contributed by atoms with Gasteiger partial charge in [0.25, 0.3) is 5.56 Å². The first kappa shape index (κ1) is 8.45. The van der Waals surface area contributed by atoms with Gasteiger partial charge in [0.1, 0.15) is 5.56 Å². The minimum absolute atomic E-state index is 0.503. The Bertz CT molecular complexity index is 383. The molecule has 12 heavy (non-hydrogen) atoms. The third kappa shape index (κ3) is 1.20. The fourth-order valence-corrected chi connectivity index (χ4v) is 0.772. The highest BCUT2D eigenvalue weighted by Gasteiger charge is 2.12. The molecule has 1 heterocycles. The van der Waals surface area contributed by atoms with Crippen molar-refractivity contribution in [3.63, 3.8) is 0 Å². The molecule has 0 radical (unpaired) electrons. The summed E-state index contributed by atoms with van der Waals surface area (Å²) in [4.78, 5) is 21.1. The van der Waals surface area contributed by atoms with Crippen molar-refractivity contribution in [1.82, 2.24) is 4.57 Å². The van der Waals surface area contributed by atoms with Crippen molar-refractivity contribution in [1.29, 1.82) is 0 Å². The van der Waals surface area contributed by atoms with Gasteiger partial charge in [-0.3, -0.25) is 9.36 Å². The lowest BCUT2D eigenvalue weighted by molar-refractivity contribution is 0.0689. The number of nitrogens with zero attached hydrogens (tertiary/aromatic N) is 1. The topological polar surface area (TPSA) is 59.3 Å². The predicted octanol–water partition coefficient (Wildman–Crippen LogP) is 0.223. The Morgan fingerprint density at radius 3 is 2.67 bits per heavy atom. The standard InChI is InChI=1S/C7H6FNO3/c1-9-5(10)3-2-4(6(9)8)7(11)12/h2-3H,1H3,(H,11,12).